The largest absolute Gasteiger partial charge is 0.464 e. The van der Waals surface area contributed by atoms with E-state index in [1.807, 2.05) is 0 Å². The third-order valence-electron chi connectivity index (χ3n) is 5.17. The molecule has 4 rings (SSSR count). The van der Waals surface area contributed by atoms with Crippen LogP contribution in [0.1, 0.15) is 28.7 Å². The van der Waals surface area contributed by atoms with E-state index in [1.165, 1.54) is 24.5 Å². The summed E-state index contributed by atoms with van der Waals surface area (Å²) in [5, 5.41) is 3.01. The molecule has 11 heteroatoms. The van der Waals surface area contributed by atoms with E-state index < -0.39 is 17.6 Å². The van der Waals surface area contributed by atoms with Gasteiger partial charge in [-0.05, 0) is 25.1 Å². The van der Waals surface area contributed by atoms with Gasteiger partial charge in [-0.3, -0.25) is 15.0 Å². The van der Waals surface area contributed by atoms with Crippen LogP contribution >= 0.6 is 11.5 Å². The number of carbonyl (C=O) groups excluding carboxylic acids is 1. The third-order valence-corrected chi connectivity index (χ3v) is 5.84. The van der Waals surface area contributed by atoms with Gasteiger partial charge in [-0.2, -0.15) is 17.5 Å². The number of benzene rings is 1. The number of carbonyl (C=O) groups is 1. The van der Waals surface area contributed by atoms with Crippen LogP contribution in [0, 0.1) is 0 Å². The SMILES string of the molecule is CC(Cc1nsc(NC(=O)c2coc(-c3cccc(C(F)(F)F)c3)c2)n1)N1CCOCC1. The predicted octanol–water partition coefficient (Wildman–Crippen LogP) is 4.33. The molecule has 1 fully saturated rings. The van der Waals surface area contributed by atoms with Crippen LogP contribution in [0.2, 0.25) is 0 Å². The molecule has 170 valence electrons. The average Bonchev–Trinajstić information content (AvgIpc) is 3.44. The topological polar surface area (TPSA) is 80.5 Å². The molecule has 1 N–H and O–H groups in total. The van der Waals surface area contributed by atoms with Gasteiger partial charge in [0.2, 0.25) is 5.13 Å². The molecule has 0 saturated carbocycles. The number of hydrogen-bond donors (Lipinski definition) is 1. The lowest BCUT2D eigenvalue weighted by Crippen LogP contribution is -2.43. The number of morpholine rings is 1. The van der Waals surface area contributed by atoms with Crippen molar-refractivity contribution in [3.05, 3.63) is 53.5 Å². The highest BCUT2D eigenvalue weighted by molar-refractivity contribution is 7.09. The Bertz CT molecular complexity index is 1080. The first-order chi connectivity index (χ1) is 15.3. The number of alkyl halides is 3. The molecule has 0 bridgehead atoms. The van der Waals surface area contributed by atoms with E-state index >= 15 is 0 Å². The van der Waals surface area contributed by atoms with Gasteiger partial charge in [-0.15, -0.1) is 0 Å². The van der Waals surface area contributed by atoms with Crippen LogP contribution in [-0.4, -0.2) is 52.5 Å². The van der Waals surface area contributed by atoms with Crippen LogP contribution in [0.4, 0.5) is 18.3 Å². The first-order valence-electron chi connectivity index (χ1n) is 10.0. The summed E-state index contributed by atoms with van der Waals surface area (Å²) in [5.74, 6) is 0.329. The first-order valence-corrected chi connectivity index (χ1v) is 10.8. The average molecular weight is 466 g/mol. The summed E-state index contributed by atoms with van der Waals surface area (Å²) in [6, 6.07) is 6.39. The number of nitrogens with zero attached hydrogens (tertiary/aromatic N) is 3. The van der Waals surface area contributed by atoms with E-state index in [0.29, 0.717) is 30.6 Å². The standard InChI is InChI=1S/C21H21F3N4O3S/c1-13(28-5-7-30-8-6-28)9-18-25-20(32-27-18)26-19(29)15-11-17(31-12-15)14-3-2-4-16(10-14)21(22,23)24/h2-4,10-13H,5-9H2,1H3,(H,25,26,27,29). The van der Waals surface area contributed by atoms with Crippen molar-refractivity contribution in [3.63, 3.8) is 0 Å². The molecule has 0 radical (unpaired) electrons. The maximum absolute atomic E-state index is 12.9. The molecule has 0 aliphatic carbocycles. The van der Waals surface area contributed by atoms with Crippen molar-refractivity contribution in [3.8, 4) is 11.3 Å². The Morgan fingerprint density at radius 3 is 2.81 bits per heavy atom. The van der Waals surface area contributed by atoms with E-state index in [1.54, 1.807) is 0 Å². The molecular formula is C21H21F3N4O3S. The molecule has 1 aromatic carbocycles. The van der Waals surface area contributed by atoms with Crippen molar-refractivity contribution >= 4 is 22.6 Å². The van der Waals surface area contributed by atoms with Crippen LogP contribution in [0.25, 0.3) is 11.3 Å². The second-order valence-corrected chi connectivity index (χ2v) is 8.20. The van der Waals surface area contributed by atoms with Crippen molar-refractivity contribution < 1.29 is 27.1 Å². The quantitative estimate of drug-likeness (QED) is 0.583. The molecule has 32 heavy (non-hydrogen) atoms. The fourth-order valence-electron chi connectivity index (χ4n) is 3.42. The summed E-state index contributed by atoms with van der Waals surface area (Å²) in [7, 11) is 0. The fraction of sp³-hybridized carbons (Fsp3) is 0.381. The molecule has 1 atom stereocenters. The number of rotatable bonds is 6. The molecular weight excluding hydrogens is 445 g/mol. The Morgan fingerprint density at radius 1 is 1.28 bits per heavy atom. The molecule has 2 aromatic heterocycles. The smallest absolute Gasteiger partial charge is 0.416 e. The molecule has 0 spiro atoms. The number of aromatic nitrogens is 2. The van der Waals surface area contributed by atoms with Gasteiger partial charge in [0.25, 0.3) is 5.91 Å². The van der Waals surface area contributed by atoms with Gasteiger partial charge in [0, 0.05) is 42.6 Å². The van der Waals surface area contributed by atoms with Crippen molar-refractivity contribution in [2.24, 2.45) is 0 Å². The third kappa shape index (κ3) is 5.34. The number of nitrogens with one attached hydrogen (secondary N) is 1. The van der Waals surface area contributed by atoms with Gasteiger partial charge in [0.1, 0.15) is 17.8 Å². The highest BCUT2D eigenvalue weighted by Crippen LogP contribution is 2.32. The lowest BCUT2D eigenvalue weighted by atomic mass is 10.1. The van der Waals surface area contributed by atoms with E-state index in [-0.39, 0.29) is 22.9 Å². The minimum absolute atomic E-state index is 0.165. The van der Waals surface area contributed by atoms with Crippen LogP contribution in [0.15, 0.2) is 41.0 Å². The van der Waals surface area contributed by atoms with E-state index in [0.717, 1.165) is 36.8 Å². The maximum atomic E-state index is 12.9. The van der Waals surface area contributed by atoms with Gasteiger partial charge in [0.15, 0.2) is 0 Å². The second kappa shape index (κ2) is 9.39. The van der Waals surface area contributed by atoms with Crippen molar-refractivity contribution in [2.45, 2.75) is 25.6 Å². The summed E-state index contributed by atoms with van der Waals surface area (Å²) in [6.07, 6.45) is -2.61. The summed E-state index contributed by atoms with van der Waals surface area (Å²) in [4.78, 5) is 19.2. The van der Waals surface area contributed by atoms with Gasteiger partial charge in [0.05, 0.1) is 24.3 Å². The minimum atomic E-state index is -4.46. The number of amides is 1. The van der Waals surface area contributed by atoms with Crippen molar-refractivity contribution in [2.75, 3.05) is 31.6 Å². The van der Waals surface area contributed by atoms with Gasteiger partial charge < -0.3 is 9.15 Å². The zero-order chi connectivity index (χ0) is 22.7. The van der Waals surface area contributed by atoms with Crippen LogP contribution in [0.5, 0.6) is 0 Å². The molecule has 3 heterocycles. The number of hydrogen-bond acceptors (Lipinski definition) is 7. The van der Waals surface area contributed by atoms with Crippen molar-refractivity contribution in [1.29, 1.82) is 0 Å². The molecule has 1 unspecified atom stereocenters. The normalized spacial score (nSPS) is 16.1. The Morgan fingerprint density at radius 2 is 2.06 bits per heavy atom. The summed E-state index contributed by atoms with van der Waals surface area (Å²) < 4.78 is 53.8. The number of furan rings is 1. The number of anilines is 1. The van der Waals surface area contributed by atoms with Gasteiger partial charge in [-0.1, -0.05) is 12.1 Å². The maximum Gasteiger partial charge on any atom is 0.416 e. The number of halogens is 3. The zero-order valence-corrected chi connectivity index (χ0v) is 18.0. The van der Waals surface area contributed by atoms with E-state index in [9.17, 15) is 18.0 Å². The second-order valence-electron chi connectivity index (χ2n) is 7.45. The van der Waals surface area contributed by atoms with Crippen LogP contribution in [-0.2, 0) is 17.3 Å². The zero-order valence-electron chi connectivity index (χ0n) is 17.2. The Kier molecular flexibility index (Phi) is 6.58. The first kappa shape index (κ1) is 22.4. The highest BCUT2D eigenvalue weighted by atomic mass is 32.1. The van der Waals surface area contributed by atoms with Gasteiger partial charge >= 0.3 is 6.18 Å². The number of ether oxygens (including phenoxy) is 1. The van der Waals surface area contributed by atoms with Crippen molar-refractivity contribution in [1.82, 2.24) is 14.3 Å². The molecule has 1 saturated heterocycles. The predicted molar refractivity (Wildman–Crippen MR) is 113 cm³/mol. The Labute approximate surface area is 186 Å². The van der Waals surface area contributed by atoms with Crippen LogP contribution < -0.4 is 5.32 Å². The highest BCUT2D eigenvalue weighted by Gasteiger charge is 2.30. The lowest BCUT2D eigenvalue weighted by Gasteiger charge is -2.31. The van der Waals surface area contributed by atoms with E-state index in [2.05, 4.69) is 26.5 Å². The summed E-state index contributed by atoms with van der Waals surface area (Å²) >= 11 is 1.08. The van der Waals surface area contributed by atoms with Gasteiger partial charge in [-0.25, -0.2) is 4.98 Å². The monoisotopic (exact) mass is 466 g/mol. The summed E-state index contributed by atoms with van der Waals surface area (Å²) in [6.45, 7) is 5.26. The fourth-order valence-corrected chi connectivity index (χ4v) is 4.02. The molecule has 1 aliphatic heterocycles. The molecule has 1 aliphatic rings. The minimum Gasteiger partial charge on any atom is -0.464 e. The molecule has 7 nitrogen and oxygen atoms in total. The lowest BCUT2D eigenvalue weighted by molar-refractivity contribution is -0.137. The van der Waals surface area contributed by atoms with Crippen LogP contribution in [0.3, 0.4) is 0 Å². The Balaban J connectivity index is 1.39. The molecule has 1 amide bonds. The summed E-state index contributed by atoms with van der Waals surface area (Å²) in [5.41, 5.74) is -0.380. The Hall–Kier alpha value is -2.76. The molecule has 3 aromatic rings. The van der Waals surface area contributed by atoms with E-state index in [4.69, 9.17) is 9.15 Å².